The molecule has 0 saturated carbocycles. The van der Waals surface area contributed by atoms with E-state index < -0.39 is 0 Å². The molecule has 6 heteroatoms. The first kappa shape index (κ1) is 14.6. The summed E-state index contributed by atoms with van der Waals surface area (Å²) in [4.78, 5) is 24.0. The van der Waals surface area contributed by atoms with Crippen LogP contribution in [0.15, 0.2) is 40.1 Å². The highest BCUT2D eigenvalue weighted by Gasteiger charge is 2.08. The van der Waals surface area contributed by atoms with Crippen molar-refractivity contribution in [1.82, 2.24) is 9.13 Å². The van der Waals surface area contributed by atoms with Crippen LogP contribution in [0.2, 0.25) is 0 Å². The number of methoxy groups -OCH3 is 1. The van der Waals surface area contributed by atoms with Crippen molar-refractivity contribution in [2.45, 2.75) is 20.0 Å². The molecule has 0 N–H and O–H groups in total. The van der Waals surface area contributed by atoms with Crippen LogP contribution >= 0.6 is 0 Å². The van der Waals surface area contributed by atoms with Gasteiger partial charge in [-0.2, -0.15) is 5.26 Å². The number of hydrogen-bond donors (Lipinski definition) is 0. The molecule has 0 fully saturated rings. The fourth-order valence-electron chi connectivity index (χ4n) is 2.05. The number of nitriles is 1. The Hall–Kier alpha value is -2.81. The van der Waals surface area contributed by atoms with E-state index in [1.54, 1.807) is 18.2 Å². The molecule has 0 radical (unpaired) electrons. The Morgan fingerprint density at radius 3 is 2.67 bits per heavy atom. The van der Waals surface area contributed by atoms with Gasteiger partial charge < -0.3 is 9.30 Å². The van der Waals surface area contributed by atoms with Crippen molar-refractivity contribution in [2.24, 2.45) is 0 Å². The molecule has 0 saturated heterocycles. The normalized spacial score (nSPS) is 10.1. The summed E-state index contributed by atoms with van der Waals surface area (Å²) in [5, 5.41) is 8.95. The Morgan fingerprint density at radius 1 is 1.29 bits per heavy atom. The molecule has 0 unspecified atom stereocenters. The molecular formula is C15H15N3O3. The van der Waals surface area contributed by atoms with E-state index in [0.717, 1.165) is 10.1 Å². The van der Waals surface area contributed by atoms with Gasteiger partial charge in [-0.15, -0.1) is 0 Å². The topological polar surface area (TPSA) is 77.0 Å². The third-order valence-electron chi connectivity index (χ3n) is 3.21. The molecule has 0 atom stereocenters. The van der Waals surface area contributed by atoms with Gasteiger partial charge in [-0.25, -0.2) is 4.79 Å². The molecule has 2 aromatic rings. The van der Waals surface area contributed by atoms with E-state index in [9.17, 15) is 9.59 Å². The average Bonchev–Trinajstić information content (AvgIpc) is 2.51. The second kappa shape index (κ2) is 6.09. The average molecular weight is 285 g/mol. The lowest BCUT2D eigenvalue weighted by molar-refractivity contribution is 0.412. The SMILES string of the molecule is CCn1ccc(=O)n(Cc2ccc(C#N)c(OC)c2)c1=O. The largest absolute Gasteiger partial charge is 0.495 e. The number of hydrogen-bond acceptors (Lipinski definition) is 4. The fraction of sp³-hybridized carbons (Fsp3) is 0.267. The summed E-state index contributed by atoms with van der Waals surface area (Å²) < 4.78 is 7.74. The Morgan fingerprint density at radius 2 is 2.05 bits per heavy atom. The molecule has 0 aliphatic heterocycles. The van der Waals surface area contributed by atoms with Gasteiger partial charge in [0.1, 0.15) is 11.8 Å². The second-order valence-electron chi connectivity index (χ2n) is 4.46. The maximum atomic E-state index is 12.1. The molecule has 2 rings (SSSR count). The number of nitrogens with zero attached hydrogens (tertiary/aromatic N) is 3. The number of aryl methyl sites for hydroxylation is 1. The van der Waals surface area contributed by atoms with Crippen molar-refractivity contribution in [3.05, 3.63) is 62.4 Å². The molecule has 0 spiro atoms. The first-order chi connectivity index (χ1) is 10.1. The third-order valence-corrected chi connectivity index (χ3v) is 3.21. The molecule has 0 aliphatic rings. The van der Waals surface area contributed by atoms with Gasteiger partial charge in [-0.1, -0.05) is 6.07 Å². The lowest BCUT2D eigenvalue weighted by Crippen LogP contribution is -2.38. The molecule has 0 amide bonds. The van der Waals surface area contributed by atoms with Crippen LogP contribution < -0.4 is 16.0 Å². The van der Waals surface area contributed by atoms with Gasteiger partial charge in [-0.05, 0) is 24.6 Å². The van der Waals surface area contributed by atoms with Gasteiger partial charge in [-0.3, -0.25) is 9.36 Å². The van der Waals surface area contributed by atoms with E-state index in [0.29, 0.717) is 17.9 Å². The first-order valence-electron chi connectivity index (χ1n) is 6.48. The lowest BCUT2D eigenvalue weighted by atomic mass is 10.1. The van der Waals surface area contributed by atoms with Crippen molar-refractivity contribution in [1.29, 1.82) is 5.26 Å². The van der Waals surface area contributed by atoms with Crippen LogP contribution in [0.25, 0.3) is 0 Å². The summed E-state index contributed by atoms with van der Waals surface area (Å²) in [6.07, 6.45) is 1.49. The van der Waals surface area contributed by atoms with Crippen LogP contribution in [0.4, 0.5) is 0 Å². The van der Waals surface area contributed by atoms with E-state index in [1.807, 2.05) is 13.0 Å². The highest BCUT2D eigenvalue weighted by atomic mass is 16.5. The maximum Gasteiger partial charge on any atom is 0.331 e. The molecule has 0 aliphatic carbocycles. The predicted octanol–water partition coefficient (Wildman–Crippen LogP) is 0.958. The van der Waals surface area contributed by atoms with Gasteiger partial charge >= 0.3 is 5.69 Å². The fourth-order valence-corrected chi connectivity index (χ4v) is 2.05. The lowest BCUT2D eigenvalue weighted by Gasteiger charge is -2.10. The Labute approximate surface area is 121 Å². The van der Waals surface area contributed by atoms with Crippen LogP contribution in [0.3, 0.4) is 0 Å². The summed E-state index contributed by atoms with van der Waals surface area (Å²) in [7, 11) is 1.47. The highest BCUT2D eigenvalue weighted by Crippen LogP contribution is 2.19. The molecular weight excluding hydrogens is 270 g/mol. The zero-order valence-corrected chi connectivity index (χ0v) is 11.9. The van der Waals surface area contributed by atoms with Crippen molar-refractivity contribution in [3.63, 3.8) is 0 Å². The van der Waals surface area contributed by atoms with Crippen molar-refractivity contribution in [3.8, 4) is 11.8 Å². The first-order valence-corrected chi connectivity index (χ1v) is 6.48. The molecule has 1 aromatic carbocycles. The maximum absolute atomic E-state index is 12.1. The van der Waals surface area contributed by atoms with Crippen LogP contribution in [0.5, 0.6) is 5.75 Å². The minimum atomic E-state index is -0.354. The van der Waals surface area contributed by atoms with E-state index in [-0.39, 0.29) is 17.8 Å². The molecule has 1 aromatic heterocycles. The number of aromatic nitrogens is 2. The van der Waals surface area contributed by atoms with Gasteiger partial charge in [0.15, 0.2) is 0 Å². The minimum absolute atomic E-state index is 0.139. The second-order valence-corrected chi connectivity index (χ2v) is 4.46. The van der Waals surface area contributed by atoms with Gasteiger partial charge in [0, 0.05) is 18.8 Å². The monoisotopic (exact) mass is 285 g/mol. The Kier molecular flexibility index (Phi) is 4.24. The molecule has 6 nitrogen and oxygen atoms in total. The predicted molar refractivity (Wildman–Crippen MR) is 77.4 cm³/mol. The van der Waals surface area contributed by atoms with Crippen molar-refractivity contribution in [2.75, 3.05) is 7.11 Å². The smallest absolute Gasteiger partial charge is 0.331 e. The van der Waals surface area contributed by atoms with Gasteiger partial charge in [0.25, 0.3) is 5.56 Å². The van der Waals surface area contributed by atoms with Crippen LogP contribution in [0, 0.1) is 11.3 Å². The van der Waals surface area contributed by atoms with Gasteiger partial charge in [0.05, 0.1) is 19.2 Å². The third kappa shape index (κ3) is 2.87. The van der Waals surface area contributed by atoms with Crippen molar-refractivity contribution < 1.29 is 4.74 Å². The van der Waals surface area contributed by atoms with Crippen LogP contribution in [-0.2, 0) is 13.1 Å². The summed E-state index contributed by atoms with van der Waals surface area (Å²) in [5.74, 6) is 0.426. The summed E-state index contributed by atoms with van der Waals surface area (Å²) in [5.41, 5.74) is 0.424. The number of rotatable bonds is 4. The molecule has 1 heterocycles. The quantitative estimate of drug-likeness (QED) is 0.838. The van der Waals surface area contributed by atoms with E-state index in [4.69, 9.17) is 10.00 Å². The Balaban J connectivity index is 2.46. The molecule has 0 bridgehead atoms. The Bertz CT molecular complexity index is 812. The van der Waals surface area contributed by atoms with Crippen LogP contribution in [-0.4, -0.2) is 16.2 Å². The highest BCUT2D eigenvalue weighted by molar-refractivity contribution is 5.45. The summed E-state index contributed by atoms with van der Waals surface area (Å²) in [6, 6.07) is 8.36. The zero-order chi connectivity index (χ0) is 15.4. The van der Waals surface area contributed by atoms with E-state index in [1.165, 1.54) is 23.9 Å². The minimum Gasteiger partial charge on any atom is -0.495 e. The van der Waals surface area contributed by atoms with E-state index >= 15 is 0 Å². The zero-order valence-electron chi connectivity index (χ0n) is 11.9. The van der Waals surface area contributed by atoms with Crippen LogP contribution in [0.1, 0.15) is 18.1 Å². The standard InChI is InChI=1S/C15H15N3O3/c1-3-17-7-6-14(19)18(15(17)20)10-11-4-5-12(9-16)13(8-11)21-2/h4-8H,3,10H2,1-2H3. The van der Waals surface area contributed by atoms with Crippen molar-refractivity contribution >= 4 is 0 Å². The summed E-state index contributed by atoms with van der Waals surface area (Å²) in [6.45, 7) is 2.47. The summed E-state index contributed by atoms with van der Waals surface area (Å²) >= 11 is 0. The molecule has 108 valence electrons. The van der Waals surface area contributed by atoms with Gasteiger partial charge in [0.2, 0.25) is 0 Å². The van der Waals surface area contributed by atoms with E-state index in [2.05, 4.69) is 0 Å². The molecule has 21 heavy (non-hydrogen) atoms. The number of ether oxygens (including phenoxy) is 1. The number of benzene rings is 1.